The molecule has 2 rings (SSSR count). The summed E-state index contributed by atoms with van der Waals surface area (Å²) in [6, 6.07) is 12.9. The van der Waals surface area contributed by atoms with E-state index in [1.54, 1.807) is 36.4 Å². The Balaban J connectivity index is 2.02. The van der Waals surface area contributed by atoms with Gasteiger partial charge in [0.2, 0.25) is 0 Å². The first-order chi connectivity index (χ1) is 12.4. The van der Waals surface area contributed by atoms with Gasteiger partial charge in [-0.1, -0.05) is 12.1 Å². The fraction of sp³-hybridized carbons (Fsp3) is 0.211. The van der Waals surface area contributed by atoms with Crippen molar-refractivity contribution in [1.82, 2.24) is 0 Å². The van der Waals surface area contributed by atoms with Crippen LogP contribution in [0, 0.1) is 0 Å². The number of carbonyl (C=O) groups is 3. The first-order valence-electron chi connectivity index (χ1n) is 7.97. The molecule has 0 radical (unpaired) electrons. The number of rotatable bonds is 5. The van der Waals surface area contributed by atoms with E-state index in [4.69, 9.17) is 4.74 Å². The molecule has 7 heteroatoms. The molecule has 0 aromatic heterocycles. The number of esters is 1. The monoisotopic (exact) mass is 356 g/mol. The normalized spacial score (nSPS) is 10.2. The lowest BCUT2D eigenvalue weighted by atomic mass is 10.2. The van der Waals surface area contributed by atoms with Gasteiger partial charge in [-0.15, -0.1) is 0 Å². The molecule has 0 heterocycles. The Hall–Kier alpha value is -3.35. The van der Waals surface area contributed by atoms with Crippen molar-refractivity contribution in [2.75, 3.05) is 17.7 Å². The molecule has 0 fully saturated rings. The van der Waals surface area contributed by atoms with Gasteiger partial charge in [-0.05, 0) is 50.2 Å². The minimum absolute atomic E-state index is 0.0381. The van der Waals surface area contributed by atoms with Crippen LogP contribution < -0.4 is 15.4 Å². The average molecular weight is 356 g/mol. The second-order valence-electron chi connectivity index (χ2n) is 5.64. The predicted octanol–water partition coefficient (Wildman–Crippen LogP) is 2.84. The molecule has 2 N–H and O–H groups in total. The van der Waals surface area contributed by atoms with Gasteiger partial charge in [-0.25, -0.2) is 4.79 Å². The summed E-state index contributed by atoms with van der Waals surface area (Å²) in [6.07, 6.45) is 0.0381. The van der Waals surface area contributed by atoms with Crippen molar-refractivity contribution in [3.63, 3.8) is 0 Å². The van der Waals surface area contributed by atoms with Crippen LogP contribution in [-0.2, 0) is 14.3 Å². The number of methoxy groups -OCH3 is 1. The number of hydrogen-bond acceptors (Lipinski definition) is 5. The van der Waals surface area contributed by atoms with Crippen molar-refractivity contribution in [2.45, 2.75) is 20.0 Å². The molecule has 2 aromatic carbocycles. The van der Waals surface area contributed by atoms with Crippen LogP contribution in [0.1, 0.15) is 24.2 Å². The van der Waals surface area contributed by atoms with Crippen molar-refractivity contribution >= 4 is 29.2 Å². The molecule has 0 aliphatic rings. The van der Waals surface area contributed by atoms with Crippen LogP contribution in [0.2, 0.25) is 0 Å². The third kappa shape index (κ3) is 5.07. The van der Waals surface area contributed by atoms with Gasteiger partial charge in [0.1, 0.15) is 5.75 Å². The van der Waals surface area contributed by atoms with E-state index in [0.29, 0.717) is 11.4 Å². The first kappa shape index (κ1) is 19.0. The molecule has 26 heavy (non-hydrogen) atoms. The number of amides is 2. The second kappa shape index (κ2) is 8.66. The summed E-state index contributed by atoms with van der Waals surface area (Å²) in [5, 5.41) is 4.89. The van der Waals surface area contributed by atoms with Crippen molar-refractivity contribution in [3.05, 3.63) is 54.1 Å². The van der Waals surface area contributed by atoms with E-state index >= 15 is 0 Å². The van der Waals surface area contributed by atoms with E-state index in [0.717, 1.165) is 0 Å². The maximum atomic E-state index is 12.1. The number of para-hydroxylation sites is 1. The van der Waals surface area contributed by atoms with Crippen LogP contribution in [0.15, 0.2) is 48.5 Å². The maximum Gasteiger partial charge on any atom is 0.339 e. The van der Waals surface area contributed by atoms with Gasteiger partial charge in [-0.2, -0.15) is 0 Å². The van der Waals surface area contributed by atoms with Crippen LogP contribution in [0.4, 0.5) is 11.4 Å². The van der Waals surface area contributed by atoms with Crippen molar-refractivity contribution < 1.29 is 23.9 Å². The topological polar surface area (TPSA) is 93.7 Å². The quantitative estimate of drug-likeness (QED) is 0.635. The largest absolute Gasteiger partial charge is 0.491 e. The van der Waals surface area contributed by atoms with E-state index in [1.165, 1.54) is 19.2 Å². The molecule has 136 valence electrons. The molecule has 2 amide bonds. The molecule has 7 nitrogen and oxygen atoms in total. The molecular weight excluding hydrogens is 336 g/mol. The van der Waals surface area contributed by atoms with E-state index < -0.39 is 17.8 Å². The van der Waals surface area contributed by atoms with Gasteiger partial charge < -0.3 is 20.1 Å². The summed E-state index contributed by atoms with van der Waals surface area (Å²) in [6.45, 7) is 3.82. The molecular formula is C19H20N2O5. The highest BCUT2D eigenvalue weighted by molar-refractivity contribution is 6.43. The molecule has 2 aromatic rings. The number of benzene rings is 2. The number of carbonyl (C=O) groups excluding carboxylic acids is 3. The van der Waals surface area contributed by atoms with Gasteiger partial charge in [0.15, 0.2) is 0 Å². The number of hydrogen-bond donors (Lipinski definition) is 2. The van der Waals surface area contributed by atoms with Gasteiger partial charge in [0.05, 0.1) is 24.5 Å². The fourth-order valence-electron chi connectivity index (χ4n) is 2.14. The minimum atomic E-state index is -0.899. The summed E-state index contributed by atoms with van der Waals surface area (Å²) < 4.78 is 10.2. The van der Waals surface area contributed by atoms with E-state index in [9.17, 15) is 14.4 Å². The average Bonchev–Trinajstić information content (AvgIpc) is 2.62. The molecule has 0 spiro atoms. The highest BCUT2D eigenvalue weighted by Crippen LogP contribution is 2.18. The molecule has 0 bridgehead atoms. The van der Waals surface area contributed by atoms with Gasteiger partial charge in [-0.3, -0.25) is 9.59 Å². The van der Waals surface area contributed by atoms with Gasteiger partial charge in [0.25, 0.3) is 0 Å². The zero-order chi connectivity index (χ0) is 19.1. The predicted molar refractivity (Wildman–Crippen MR) is 97.2 cm³/mol. The van der Waals surface area contributed by atoms with Crippen LogP contribution >= 0.6 is 0 Å². The molecule has 0 unspecified atom stereocenters. The standard InChI is InChI=1S/C19H20N2O5/c1-12(2)26-14-10-8-13(9-11-14)20-17(22)18(23)21-16-7-5-4-6-15(16)19(24)25-3/h4-12H,1-3H3,(H,20,22)(H,21,23). The minimum Gasteiger partial charge on any atom is -0.491 e. The van der Waals surface area contributed by atoms with Crippen LogP contribution in [-0.4, -0.2) is 31.0 Å². The Bertz CT molecular complexity index is 800. The number of ether oxygens (including phenoxy) is 2. The van der Waals surface area contributed by atoms with Crippen LogP contribution in [0.5, 0.6) is 5.75 Å². The second-order valence-corrected chi connectivity index (χ2v) is 5.64. The van der Waals surface area contributed by atoms with Crippen molar-refractivity contribution in [2.24, 2.45) is 0 Å². The Labute approximate surface area is 151 Å². The fourth-order valence-corrected chi connectivity index (χ4v) is 2.14. The summed E-state index contributed by atoms with van der Waals surface area (Å²) in [5.41, 5.74) is 0.800. The summed E-state index contributed by atoms with van der Waals surface area (Å²) >= 11 is 0. The van der Waals surface area contributed by atoms with Crippen molar-refractivity contribution in [3.8, 4) is 5.75 Å². The molecule has 0 atom stereocenters. The lowest BCUT2D eigenvalue weighted by Gasteiger charge is -2.11. The Morgan fingerprint density at radius 3 is 2.12 bits per heavy atom. The summed E-state index contributed by atoms with van der Waals surface area (Å²) in [7, 11) is 1.24. The third-order valence-corrected chi connectivity index (χ3v) is 3.27. The Morgan fingerprint density at radius 2 is 1.50 bits per heavy atom. The van der Waals surface area contributed by atoms with Crippen LogP contribution in [0.25, 0.3) is 0 Å². The molecule has 0 aliphatic heterocycles. The third-order valence-electron chi connectivity index (χ3n) is 3.27. The zero-order valence-corrected chi connectivity index (χ0v) is 14.7. The molecule has 0 saturated heterocycles. The van der Waals surface area contributed by atoms with Crippen molar-refractivity contribution in [1.29, 1.82) is 0 Å². The van der Waals surface area contributed by atoms with Crippen LogP contribution in [0.3, 0.4) is 0 Å². The molecule has 0 saturated carbocycles. The SMILES string of the molecule is COC(=O)c1ccccc1NC(=O)C(=O)Nc1ccc(OC(C)C)cc1. The maximum absolute atomic E-state index is 12.1. The zero-order valence-electron chi connectivity index (χ0n) is 14.7. The van der Waals surface area contributed by atoms with E-state index in [1.807, 2.05) is 13.8 Å². The Morgan fingerprint density at radius 1 is 0.885 bits per heavy atom. The van der Waals surface area contributed by atoms with Gasteiger partial charge in [0, 0.05) is 5.69 Å². The smallest absolute Gasteiger partial charge is 0.339 e. The van der Waals surface area contributed by atoms with E-state index in [-0.39, 0.29) is 17.4 Å². The lowest BCUT2D eigenvalue weighted by Crippen LogP contribution is -2.29. The number of anilines is 2. The number of nitrogens with one attached hydrogen (secondary N) is 2. The highest BCUT2D eigenvalue weighted by Gasteiger charge is 2.18. The summed E-state index contributed by atoms with van der Waals surface area (Å²) in [5.74, 6) is -1.71. The Kier molecular flexibility index (Phi) is 6.32. The van der Waals surface area contributed by atoms with Gasteiger partial charge >= 0.3 is 17.8 Å². The molecule has 0 aliphatic carbocycles. The lowest BCUT2D eigenvalue weighted by molar-refractivity contribution is -0.133. The van der Waals surface area contributed by atoms with E-state index in [2.05, 4.69) is 15.4 Å². The first-order valence-corrected chi connectivity index (χ1v) is 7.97. The summed E-state index contributed by atoms with van der Waals surface area (Å²) in [4.78, 5) is 35.9. The highest BCUT2D eigenvalue weighted by atomic mass is 16.5.